The second-order valence-electron chi connectivity index (χ2n) is 5.25. The van der Waals surface area contributed by atoms with E-state index in [-0.39, 0.29) is 24.8 Å². The molecule has 0 fully saturated rings. The number of hydrogen-bond donors (Lipinski definition) is 3. The van der Waals surface area contributed by atoms with Crippen LogP contribution in [-0.2, 0) is 11.2 Å². The third-order valence-corrected chi connectivity index (χ3v) is 3.42. The van der Waals surface area contributed by atoms with Crippen molar-refractivity contribution in [2.45, 2.75) is 39.7 Å². The van der Waals surface area contributed by atoms with E-state index in [9.17, 15) is 14.4 Å². The molecule has 0 radical (unpaired) electrons. The molecule has 0 unspecified atom stereocenters. The van der Waals surface area contributed by atoms with Crippen LogP contribution in [0.5, 0.6) is 0 Å². The van der Waals surface area contributed by atoms with Crippen molar-refractivity contribution < 1.29 is 9.21 Å². The molecule has 2 aromatic heterocycles. The van der Waals surface area contributed by atoms with Crippen LogP contribution in [0.1, 0.15) is 42.2 Å². The van der Waals surface area contributed by atoms with E-state index < -0.39 is 11.2 Å². The lowest BCUT2D eigenvalue weighted by Crippen LogP contribution is -2.30. The Bertz CT molecular complexity index is 785. The van der Waals surface area contributed by atoms with Gasteiger partial charge in [-0.15, -0.1) is 0 Å². The quantitative estimate of drug-likeness (QED) is 0.768. The fraction of sp³-hybridized carbons (Fsp3) is 0.400. The number of hydrogen-bond acceptors (Lipinski definition) is 4. The standard InChI is InChI=1S/C15H19N3O4/c1-8-4-6-12(22-8)10(3)16-13(19)7-5-11-9(2)17-15(21)18-14(11)20/h4,6,10H,5,7H2,1-3H3,(H,16,19)(H2,17,18,20,21)/t10-/m1/s1. The Hall–Kier alpha value is -2.57. The molecule has 0 aliphatic carbocycles. The lowest BCUT2D eigenvalue weighted by molar-refractivity contribution is -0.121. The largest absolute Gasteiger partial charge is 0.464 e. The molecule has 7 nitrogen and oxygen atoms in total. The first kappa shape index (κ1) is 15.8. The van der Waals surface area contributed by atoms with Crippen molar-refractivity contribution in [3.8, 4) is 0 Å². The maximum absolute atomic E-state index is 12.0. The predicted octanol–water partition coefficient (Wildman–Crippen LogP) is 1.08. The molecule has 7 heteroatoms. The predicted molar refractivity (Wildman–Crippen MR) is 80.7 cm³/mol. The van der Waals surface area contributed by atoms with Crippen LogP contribution in [0.25, 0.3) is 0 Å². The van der Waals surface area contributed by atoms with Crippen molar-refractivity contribution in [3.05, 3.63) is 55.7 Å². The van der Waals surface area contributed by atoms with Gasteiger partial charge in [0, 0.05) is 17.7 Å². The van der Waals surface area contributed by atoms with E-state index in [1.165, 1.54) is 0 Å². The maximum Gasteiger partial charge on any atom is 0.325 e. The van der Waals surface area contributed by atoms with Crippen LogP contribution in [0.3, 0.4) is 0 Å². The molecule has 1 atom stereocenters. The van der Waals surface area contributed by atoms with Crippen LogP contribution in [-0.4, -0.2) is 15.9 Å². The van der Waals surface area contributed by atoms with Gasteiger partial charge in [-0.3, -0.25) is 14.6 Å². The van der Waals surface area contributed by atoms with Gasteiger partial charge in [-0.25, -0.2) is 4.79 Å². The minimum Gasteiger partial charge on any atom is -0.464 e. The molecule has 2 rings (SSSR count). The topological polar surface area (TPSA) is 108 Å². The monoisotopic (exact) mass is 305 g/mol. The highest BCUT2D eigenvalue weighted by molar-refractivity contribution is 5.76. The number of carbonyl (C=O) groups excluding carboxylic acids is 1. The number of rotatable bonds is 5. The molecule has 0 aliphatic rings. The zero-order chi connectivity index (χ0) is 16.3. The number of amides is 1. The number of aryl methyl sites for hydroxylation is 2. The summed E-state index contributed by atoms with van der Waals surface area (Å²) in [5.74, 6) is 1.28. The molecule has 0 saturated carbocycles. The molecular formula is C15H19N3O4. The number of nitrogens with one attached hydrogen (secondary N) is 3. The maximum atomic E-state index is 12.0. The van der Waals surface area contributed by atoms with E-state index >= 15 is 0 Å². The van der Waals surface area contributed by atoms with E-state index in [0.717, 1.165) is 5.76 Å². The summed E-state index contributed by atoms with van der Waals surface area (Å²) < 4.78 is 5.45. The lowest BCUT2D eigenvalue weighted by atomic mass is 10.1. The second kappa shape index (κ2) is 6.46. The highest BCUT2D eigenvalue weighted by Gasteiger charge is 2.14. The Balaban J connectivity index is 1.96. The molecule has 2 aromatic rings. The van der Waals surface area contributed by atoms with Gasteiger partial charge >= 0.3 is 5.69 Å². The fourth-order valence-corrected chi connectivity index (χ4v) is 2.24. The van der Waals surface area contributed by atoms with E-state index in [4.69, 9.17) is 4.42 Å². The molecule has 0 aromatic carbocycles. The summed E-state index contributed by atoms with van der Waals surface area (Å²) in [5, 5.41) is 2.81. The smallest absolute Gasteiger partial charge is 0.325 e. The molecular weight excluding hydrogens is 286 g/mol. The van der Waals surface area contributed by atoms with Gasteiger partial charge in [0.2, 0.25) is 5.91 Å². The van der Waals surface area contributed by atoms with E-state index in [1.54, 1.807) is 6.92 Å². The van der Waals surface area contributed by atoms with Crippen molar-refractivity contribution in [1.82, 2.24) is 15.3 Å². The van der Waals surface area contributed by atoms with Gasteiger partial charge < -0.3 is 14.7 Å². The van der Waals surface area contributed by atoms with Gasteiger partial charge in [-0.05, 0) is 39.3 Å². The van der Waals surface area contributed by atoms with Crippen molar-refractivity contribution >= 4 is 5.91 Å². The molecule has 0 saturated heterocycles. The van der Waals surface area contributed by atoms with E-state index in [2.05, 4.69) is 15.3 Å². The van der Waals surface area contributed by atoms with Gasteiger partial charge in [0.1, 0.15) is 11.5 Å². The van der Waals surface area contributed by atoms with Gasteiger partial charge in [0.05, 0.1) is 6.04 Å². The summed E-state index contributed by atoms with van der Waals surface area (Å²) in [7, 11) is 0. The Morgan fingerprint density at radius 2 is 2.00 bits per heavy atom. The third-order valence-electron chi connectivity index (χ3n) is 3.42. The average molecular weight is 305 g/mol. The summed E-state index contributed by atoms with van der Waals surface area (Å²) in [6, 6.07) is 3.41. The summed E-state index contributed by atoms with van der Waals surface area (Å²) in [5.41, 5.74) is -0.103. The normalized spacial score (nSPS) is 12.1. The molecule has 118 valence electrons. The van der Waals surface area contributed by atoms with Crippen molar-refractivity contribution in [2.75, 3.05) is 0 Å². The summed E-state index contributed by atoms with van der Waals surface area (Å²) >= 11 is 0. The van der Waals surface area contributed by atoms with Crippen LogP contribution >= 0.6 is 0 Å². The summed E-state index contributed by atoms with van der Waals surface area (Å²) in [6.45, 7) is 5.30. The number of furan rings is 1. The van der Waals surface area contributed by atoms with Gasteiger partial charge in [0.15, 0.2) is 0 Å². The minimum atomic E-state index is -0.544. The SMILES string of the molecule is Cc1ccc([C@@H](C)NC(=O)CCc2c(C)[nH]c(=O)[nH]c2=O)o1. The molecule has 22 heavy (non-hydrogen) atoms. The summed E-state index contributed by atoms with van der Waals surface area (Å²) in [4.78, 5) is 39.4. The van der Waals surface area contributed by atoms with Gasteiger partial charge in [-0.1, -0.05) is 0 Å². The molecule has 1 amide bonds. The fourth-order valence-electron chi connectivity index (χ4n) is 2.24. The highest BCUT2D eigenvalue weighted by atomic mass is 16.3. The van der Waals surface area contributed by atoms with Gasteiger partial charge in [0.25, 0.3) is 5.56 Å². The van der Waals surface area contributed by atoms with Crippen LogP contribution in [0.2, 0.25) is 0 Å². The molecule has 0 bridgehead atoms. The van der Waals surface area contributed by atoms with Crippen molar-refractivity contribution in [1.29, 1.82) is 0 Å². The Morgan fingerprint density at radius 1 is 1.27 bits per heavy atom. The Labute approximate surface area is 126 Å². The van der Waals surface area contributed by atoms with Crippen LogP contribution < -0.4 is 16.6 Å². The zero-order valence-electron chi connectivity index (χ0n) is 12.8. The molecule has 2 heterocycles. The third kappa shape index (κ3) is 3.75. The van der Waals surface area contributed by atoms with E-state index in [0.29, 0.717) is 17.0 Å². The number of H-pyrrole nitrogens is 2. The van der Waals surface area contributed by atoms with Crippen molar-refractivity contribution in [2.24, 2.45) is 0 Å². The number of carbonyl (C=O) groups is 1. The average Bonchev–Trinajstić information content (AvgIpc) is 2.84. The van der Waals surface area contributed by atoms with Crippen LogP contribution in [0.4, 0.5) is 0 Å². The lowest BCUT2D eigenvalue weighted by Gasteiger charge is -2.11. The first-order valence-corrected chi connectivity index (χ1v) is 7.04. The Morgan fingerprint density at radius 3 is 2.59 bits per heavy atom. The first-order chi connectivity index (χ1) is 10.4. The Kier molecular flexibility index (Phi) is 4.65. The number of aromatic nitrogens is 2. The van der Waals surface area contributed by atoms with Crippen LogP contribution in [0.15, 0.2) is 26.1 Å². The molecule has 0 spiro atoms. The highest BCUT2D eigenvalue weighted by Crippen LogP contribution is 2.15. The summed E-state index contributed by atoms with van der Waals surface area (Å²) in [6.07, 6.45) is 0.410. The van der Waals surface area contributed by atoms with E-state index in [1.807, 2.05) is 26.0 Å². The number of aromatic amines is 2. The molecule has 3 N–H and O–H groups in total. The molecule has 0 aliphatic heterocycles. The van der Waals surface area contributed by atoms with Crippen molar-refractivity contribution in [3.63, 3.8) is 0 Å². The van der Waals surface area contributed by atoms with Gasteiger partial charge in [-0.2, -0.15) is 0 Å². The van der Waals surface area contributed by atoms with Crippen LogP contribution in [0, 0.1) is 13.8 Å². The first-order valence-electron chi connectivity index (χ1n) is 7.04. The second-order valence-corrected chi connectivity index (χ2v) is 5.25. The zero-order valence-corrected chi connectivity index (χ0v) is 12.8. The minimum absolute atomic E-state index is 0.153.